The standard InChI is InChI=1S/C17H28N2.ClH/c1-3-15-5-7-17(8-6-15)14-19-11-9-16(10-12-19)13-18-4-2;/h5-8,16,18H,3-4,9-14H2,1-2H3;1H. The van der Waals surface area contributed by atoms with Crippen molar-refractivity contribution in [2.45, 2.75) is 39.7 Å². The fourth-order valence-corrected chi connectivity index (χ4v) is 2.84. The highest BCUT2D eigenvalue weighted by molar-refractivity contribution is 5.85. The molecule has 0 aliphatic carbocycles. The van der Waals surface area contributed by atoms with Gasteiger partial charge in [0, 0.05) is 6.54 Å². The van der Waals surface area contributed by atoms with Crippen LogP contribution in [-0.2, 0) is 13.0 Å². The number of nitrogens with zero attached hydrogens (tertiary/aromatic N) is 1. The van der Waals surface area contributed by atoms with Crippen LogP contribution in [0.25, 0.3) is 0 Å². The van der Waals surface area contributed by atoms with Crippen molar-refractivity contribution in [3.8, 4) is 0 Å². The molecule has 0 aromatic heterocycles. The van der Waals surface area contributed by atoms with Crippen molar-refractivity contribution >= 4 is 12.4 Å². The highest BCUT2D eigenvalue weighted by Gasteiger charge is 2.18. The summed E-state index contributed by atoms with van der Waals surface area (Å²) < 4.78 is 0. The summed E-state index contributed by atoms with van der Waals surface area (Å²) in [5.41, 5.74) is 2.90. The normalized spacial score (nSPS) is 16.9. The number of hydrogen-bond donors (Lipinski definition) is 1. The van der Waals surface area contributed by atoms with Crippen LogP contribution in [0.2, 0.25) is 0 Å². The largest absolute Gasteiger partial charge is 0.317 e. The summed E-state index contributed by atoms with van der Waals surface area (Å²) in [4.78, 5) is 2.60. The van der Waals surface area contributed by atoms with Crippen molar-refractivity contribution in [2.75, 3.05) is 26.2 Å². The first-order valence-electron chi connectivity index (χ1n) is 7.82. The molecule has 1 aliphatic rings. The Morgan fingerprint density at radius 1 is 1.05 bits per heavy atom. The zero-order valence-corrected chi connectivity index (χ0v) is 13.7. The van der Waals surface area contributed by atoms with Crippen LogP contribution in [0, 0.1) is 5.92 Å². The lowest BCUT2D eigenvalue weighted by molar-refractivity contribution is 0.176. The van der Waals surface area contributed by atoms with E-state index in [-0.39, 0.29) is 12.4 Å². The smallest absolute Gasteiger partial charge is 0.0233 e. The van der Waals surface area contributed by atoms with Crippen molar-refractivity contribution in [1.29, 1.82) is 0 Å². The number of likely N-dealkylation sites (tertiary alicyclic amines) is 1. The summed E-state index contributed by atoms with van der Waals surface area (Å²) in [5.74, 6) is 0.888. The molecule has 0 spiro atoms. The number of nitrogens with one attached hydrogen (secondary N) is 1. The van der Waals surface area contributed by atoms with E-state index < -0.39 is 0 Å². The van der Waals surface area contributed by atoms with E-state index in [9.17, 15) is 0 Å². The van der Waals surface area contributed by atoms with Crippen LogP contribution < -0.4 is 5.32 Å². The van der Waals surface area contributed by atoms with Gasteiger partial charge in [0.15, 0.2) is 0 Å². The zero-order valence-electron chi connectivity index (χ0n) is 12.9. The molecule has 1 N–H and O–H groups in total. The lowest BCUT2D eigenvalue weighted by atomic mass is 9.96. The molecule has 2 nitrogen and oxygen atoms in total. The predicted octanol–water partition coefficient (Wildman–Crippen LogP) is 3.49. The summed E-state index contributed by atoms with van der Waals surface area (Å²) in [7, 11) is 0. The maximum absolute atomic E-state index is 3.48. The van der Waals surface area contributed by atoms with E-state index in [1.165, 1.54) is 43.6 Å². The van der Waals surface area contributed by atoms with Gasteiger partial charge < -0.3 is 5.32 Å². The van der Waals surface area contributed by atoms with Crippen LogP contribution in [-0.4, -0.2) is 31.1 Å². The van der Waals surface area contributed by atoms with E-state index in [0.717, 1.165) is 25.4 Å². The molecule has 1 fully saturated rings. The van der Waals surface area contributed by atoms with E-state index in [1.54, 1.807) is 0 Å². The van der Waals surface area contributed by atoms with Gasteiger partial charge in [-0.2, -0.15) is 0 Å². The first kappa shape index (κ1) is 17.5. The van der Waals surface area contributed by atoms with Gasteiger partial charge in [0.25, 0.3) is 0 Å². The molecular weight excluding hydrogens is 268 g/mol. The predicted molar refractivity (Wildman–Crippen MR) is 89.6 cm³/mol. The fraction of sp³-hybridized carbons (Fsp3) is 0.647. The Hall–Kier alpha value is -0.570. The maximum atomic E-state index is 3.48. The third-order valence-electron chi connectivity index (χ3n) is 4.23. The molecule has 1 aromatic rings. The van der Waals surface area contributed by atoms with Crippen molar-refractivity contribution in [1.82, 2.24) is 10.2 Å². The number of hydrogen-bond acceptors (Lipinski definition) is 2. The summed E-state index contributed by atoms with van der Waals surface area (Å²) >= 11 is 0. The Kier molecular flexibility index (Phi) is 8.20. The van der Waals surface area contributed by atoms with Gasteiger partial charge in [0.05, 0.1) is 0 Å². The van der Waals surface area contributed by atoms with Gasteiger partial charge in [-0.1, -0.05) is 38.1 Å². The molecule has 20 heavy (non-hydrogen) atoms. The molecule has 3 heteroatoms. The lowest BCUT2D eigenvalue weighted by Gasteiger charge is -2.32. The molecule has 1 saturated heterocycles. The monoisotopic (exact) mass is 296 g/mol. The Morgan fingerprint density at radius 3 is 2.20 bits per heavy atom. The molecule has 2 rings (SSSR count). The van der Waals surface area contributed by atoms with E-state index in [4.69, 9.17) is 0 Å². The van der Waals surface area contributed by atoms with Gasteiger partial charge in [0.2, 0.25) is 0 Å². The van der Waals surface area contributed by atoms with Crippen molar-refractivity contribution < 1.29 is 0 Å². The SMILES string of the molecule is CCNCC1CCN(Cc2ccc(CC)cc2)CC1.Cl. The Balaban J connectivity index is 0.00000200. The molecule has 0 bridgehead atoms. The topological polar surface area (TPSA) is 15.3 Å². The van der Waals surface area contributed by atoms with Gasteiger partial charge >= 0.3 is 0 Å². The number of piperidine rings is 1. The molecule has 0 radical (unpaired) electrons. The number of benzene rings is 1. The van der Waals surface area contributed by atoms with Crippen molar-refractivity contribution in [2.24, 2.45) is 5.92 Å². The quantitative estimate of drug-likeness (QED) is 0.864. The average Bonchev–Trinajstić information content (AvgIpc) is 2.47. The fourth-order valence-electron chi connectivity index (χ4n) is 2.84. The van der Waals surface area contributed by atoms with Crippen LogP contribution in [0.1, 0.15) is 37.8 Å². The zero-order chi connectivity index (χ0) is 13.5. The second-order valence-corrected chi connectivity index (χ2v) is 5.70. The minimum atomic E-state index is 0. The van der Waals surface area contributed by atoms with E-state index in [1.807, 2.05) is 0 Å². The van der Waals surface area contributed by atoms with Crippen LogP contribution >= 0.6 is 12.4 Å². The molecule has 0 unspecified atom stereocenters. The number of aryl methyl sites for hydroxylation is 1. The maximum Gasteiger partial charge on any atom is 0.0233 e. The highest BCUT2D eigenvalue weighted by atomic mass is 35.5. The molecular formula is C17H29ClN2. The van der Waals surface area contributed by atoms with Gasteiger partial charge in [-0.15, -0.1) is 12.4 Å². The third kappa shape index (κ3) is 5.43. The van der Waals surface area contributed by atoms with Crippen LogP contribution in [0.5, 0.6) is 0 Å². The van der Waals surface area contributed by atoms with Gasteiger partial charge in [-0.3, -0.25) is 4.90 Å². The molecule has 1 aromatic carbocycles. The third-order valence-corrected chi connectivity index (χ3v) is 4.23. The molecule has 0 atom stereocenters. The summed E-state index contributed by atoms with van der Waals surface area (Å²) in [6.45, 7) is 10.3. The molecule has 1 heterocycles. The number of rotatable bonds is 6. The first-order valence-corrected chi connectivity index (χ1v) is 7.82. The summed E-state index contributed by atoms with van der Waals surface area (Å²) in [6, 6.07) is 9.13. The minimum Gasteiger partial charge on any atom is -0.317 e. The molecule has 1 aliphatic heterocycles. The van der Waals surface area contributed by atoms with E-state index in [0.29, 0.717) is 0 Å². The average molecular weight is 297 g/mol. The van der Waals surface area contributed by atoms with E-state index in [2.05, 4.69) is 48.3 Å². The molecule has 0 amide bonds. The van der Waals surface area contributed by atoms with Gasteiger partial charge in [-0.25, -0.2) is 0 Å². The summed E-state index contributed by atoms with van der Waals surface area (Å²) in [6.07, 6.45) is 3.83. The lowest BCUT2D eigenvalue weighted by Crippen LogP contribution is -2.36. The summed E-state index contributed by atoms with van der Waals surface area (Å²) in [5, 5.41) is 3.48. The molecule has 0 saturated carbocycles. The highest BCUT2D eigenvalue weighted by Crippen LogP contribution is 2.18. The Labute approximate surface area is 130 Å². The van der Waals surface area contributed by atoms with Gasteiger partial charge in [0.1, 0.15) is 0 Å². The Bertz CT molecular complexity index is 356. The van der Waals surface area contributed by atoms with Crippen LogP contribution in [0.15, 0.2) is 24.3 Å². The van der Waals surface area contributed by atoms with Gasteiger partial charge in [-0.05, 0) is 62.5 Å². The van der Waals surface area contributed by atoms with Crippen LogP contribution in [0.4, 0.5) is 0 Å². The van der Waals surface area contributed by atoms with E-state index >= 15 is 0 Å². The minimum absolute atomic E-state index is 0. The first-order chi connectivity index (χ1) is 9.31. The Morgan fingerprint density at radius 2 is 1.65 bits per heavy atom. The van der Waals surface area contributed by atoms with Crippen molar-refractivity contribution in [3.63, 3.8) is 0 Å². The number of halogens is 1. The van der Waals surface area contributed by atoms with Crippen LogP contribution in [0.3, 0.4) is 0 Å². The second-order valence-electron chi connectivity index (χ2n) is 5.70. The second kappa shape index (κ2) is 9.38. The van der Waals surface area contributed by atoms with Crippen molar-refractivity contribution in [3.05, 3.63) is 35.4 Å². The molecule has 114 valence electrons.